The van der Waals surface area contributed by atoms with Crippen LogP contribution in [0.25, 0.3) is 27.6 Å². The Morgan fingerprint density at radius 3 is 2.43 bits per heavy atom. The summed E-state index contributed by atoms with van der Waals surface area (Å²) in [6.07, 6.45) is 3.03. The molecule has 1 aliphatic rings. The van der Waals surface area contributed by atoms with Crippen molar-refractivity contribution in [3.63, 3.8) is 0 Å². The number of hydrogen-bond acceptors (Lipinski definition) is 3. The number of allylic oxidation sites excluding steroid dienone is 2. The van der Waals surface area contributed by atoms with Crippen LogP contribution in [0.4, 0.5) is 0 Å². The molecule has 1 radical (unpaired) electrons. The Morgan fingerprint density at radius 2 is 1.77 bits per heavy atom. The van der Waals surface area contributed by atoms with Crippen molar-refractivity contribution in [2.75, 3.05) is 0 Å². The van der Waals surface area contributed by atoms with Gasteiger partial charge in [-0.15, -0.1) is 5.56 Å². The van der Waals surface area contributed by atoms with Gasteiger partial charge in [0.2, 0.25) is 0 Å². The fourth-order valence-electron chi connectivity index (χ4n) is 4.17. The van der Waals surface area contributed by atoms with Crippen molar-refractivity contribution in [3.05, 3.63) is 83.8 Å². The van der Waals surface area contributed by atoms with Crippen LogP contribution in [-0.4, -0.2) is 20.4 Å². The number of nitrogens with zero attached hydrogens (tertiary/aromatic N) is 2. The molecule has 0 spiro atoms. The Labute approximate surface area is 189 Å². The summed E-state index contributed by atoms with van der Waals surface area (Å²) in [5.41, 5.74) is 6.05. The minimum absolute atomic E-state index is 0. The molecule has 3 heterocycles. The van der Waals surface area contributed by atoms with Crippen molar-refractivity contribution in [1.29, 1.82) is 0 Å². The minimum atomic E-state index is -0.125. The van der Waals surface area contributed by atoms with Crippen LogP contribution in [-0.2, 0) is 30.3 Å². The van der Waals surface area contributed by atoms with Crippen LogP contribution in [0.2, 0.25) is 0 Å². The van der Waals surface area contributed by atoms with Crippen LogP contribution >= 0.6 is 0 Å². The number of fused-ring (bicyclic) bond motifs is 5. The van der Waals surface area contributed by atoms with Gasteiger partial charge in [0.15, 0.2) is 5.78 Å². The van der Waals surface area contributed by atoms with E-state index in [2.05, 4.69) is 65.9 Å². The number of ketones is 1. The van der Waals surface area contributed by atoms with Crippen LogP contribution in [0, 0.1) is 6.07 Å². The van der Waals surface area contributed by atoms with Crippen LogP contribution in [0.1, 0.15) is 38.8 Å². The summed E-state index contributed by atoms with van der Waals surface area (Å²) in [5, 5.41) is 10.8. The zero-order valence-electron chi connectivity index (χ0n) is 17.4. The van der Waals surface area contributed by atoms with Crippen LogP contribution in [0.15, 0.2) is 66.6 Å². The number of carbonyl (C=O) groups is 1. The van der Waals surface area contributed by atoms with Crippen molar-refractivity contribution < 1.29 is 30.0 Å². The van der Waals surface area contributed by atoms with Gasteiger partial charge in [-0.2, -0.15) is 24.3 Å². The van der Waals surface area contributed by atoms with Gasteiger partial charge in [-0.05, 0) is 37.0 Å². The Morgan fingerprint density at radius 1 is 1.07 bits per heavy atom. The predicted octanol–water partition coefficient (Wildman–Crippen LogP) is 5.65. The molecule has 0 saturated carbocycles. The van der Waals surface area contributed by atoms with Gasteiger partial charge < -0.3 is 9.67 Å². The summed E-state index contributed by atoms with van der Waals surface area (Å²) in [6.45, 7) is 7.44. The van der Waals surface area contributed by atoms with Crippen molar-refractivity contribution in [2.24, 2.45) is 0 Å². The molecule has 0 unspecified atom stereocenters. The molecule has 1 N–H and O–H groups in total. The SMILES string of the molecule is CC(=O)C=C(C)O.CC1(C)c2ccc[c-]c2-n2c3ncccc3c3cccc1c32.[Ir]. The fourth-order valence-corrected chi connectivity index (χ4v) is 4.17. The standard InChI is InChI=1S/C20H15N2.C5H8O2.Ir/c1-20(2)15-9-3-4-11-17(15)22-18-13(7-5-10-16(18)20)14-8-6-12-21-19(14)22;1-4(6)3-5(2)7;/h3-10,12H,1-2H3;3,6H,1-2H3;/q-1;;. The predicted molar refractivity (Wildman–Crippen MR) is 117 cm³/mol. The monoisotopic (exact) mass is 576 g/mol. The first-order chi connectivity index (χ1) is 13.8. The van der Waals surface area contributed by atoms with Crippen molar-refractivity contribution in [1.82, 2.24) is 9.55 Å². The number of carbonyl (C=O) groups excluding carboxylic acids is 1. The van der Waals surface area contributed by atoms with Gasteiger partial charge >= 0.3 is 0 Å². The molecule has 0 bridgehead atoms. The molecule has 2 aromatic carbocycles. The molecule has 1 aliphatic heterocycles. The topological polar surface area (TPSA) is 55.1 Å². The molecular formula is C25H23IrN2O2-. The molecular weight excluding hydrogens is 553 g/mol. The molecule has 0 amide bonds. The third-order valence-electron chi connectivity index (χ3n) is 5.37. The number of aromatic nitrogens is 2. The number of aliphatic hydroxyl groups is 1. The Bertz CT molecular complexity index is 1280. The van der Waals surface area contributed by atoms with E-state index in [0.717, 1.165) is 11.3 Å². The molecule has 2 aromatic heterocycles. The van der Waals surface area contributed by atoms with E-state index in [1.165, 1.54) is 47.3 Å². The first-order valence-corrected chi connectivity index (χ1v) is 9.60. The summed E-state index contributed by atoms with van der Waals surface area (Å²) in [5.74, 6) is -0.0625. The fraction of sp³-hybridized carbons (Fsp3) is 0.200. The van der Waals surface area contributed by atoms with E-state index >= 15 is 0 Å². The Balaban J connectivity index is 0.000000281. The number of rotatable bonds is 1. The Kier molecular flexibility index (Phi) is 5.98. The molecule has 30 heavy (non-hydrogen) atoms. The van der Waals surface area contributed by atoms with E-state index in [-0.39, 0.29) is 37.1 Å². The normalized spacial score (nSPS) is 13.8. The maximum absolute atomic E-state index is 10.0. The first kappa shape index (κ1) is 21.9. The van der Waals surface area contributed by atoms with Crippen LogP contribution in [0.3, 0.4) is 0 Å². The molecule has 5 heteroatoms. The number of benzene rings is 2. The number of para-hydroxylation sites is 2. The molecule has 155 valence electrons. The molecule has 0 saturated heterocycles. The van der Waals surface area contributed by atoms with E-state index in [1.807, 2.05) is 18.3 Å². The zero-order chi connectivity index (χ0) is 20.8. The quantitative estimate of drug-likeness (QED) is 0.181. The maximum atomic E-state index is 10.0. The summed E-state index contributed by atoms with van der Waals surface area (Å²) < 4.78 is 2.28. The number of aliphatic hydroxyl groups excluding tert-OH is 1. The van der Waals surface area contributed by atoms with Gasteiger partial charge in [0.25, 0.3) is 0 Å². The Hall–Kier alpha value is -2.75. The second kappa shape index (κ2) is 8.17. The van der Waals surface area contributed by atoms with E-state index in [4.69, 9.17) is 5.11 Å². The van der Waals surface area contributed by atoms with Gasteiger partial charge in [-0.25, -0.2) is 4.98 Å². The summed E-state index contributed by atoms with van der Waals surface area (Å²) in [4.78, 5) is 14.7. The molecule has 5 rings (SSSR count). The van der Waals surface area contributed by atoms with Crippen LogP contribution in [0.5, 0.6) is 0 Å². The van der Waals surface area contributed by atoms with Crippen LogP contribution < -0.4 is 0 Å². The molecule has 0 atom stereocenters. The van der Waals surface area contributed by atoms with Gasteiger partial charge in [0.1, 0.15) is 5.65 Å². The second-order valence-electron chi connectivity index (χ2n) is 7.87. The van der Waals surface area contributed by atoms with Crippen molar-refractivity contribution >= 4 is 27.7 Å². The van der Waals surface area contributed by atoms with Gasteiger partial charge in [0, 0.05) is 43.2 Å². The van der Waals surface area contributed by atoms with Crippen molar-refractivity contribution in [2.45, 2.75) is 33.1 Å². The molecule has 4 nitrogen and oxygen atoms in total. The van der Waals surface area contributed by atoms with Gasteiger partial charge in [0.05, 0.1) is 11.3 Å². The summed E-state index contributed by atoms with van der Waals surface area (Å²) in [6, 6.07) is 20.5. The van der Waals surface area contributed by atoms with E-state index in [9.17, 15) is 4.79 Å². The third kappa shape index (κ3) is 3.49. The van der Waals surface area contributed by atoms with E-state index in [1.54, 1.807) is 0 Å². The first-order valence-electron chi connectivity index (χ1n) is 9.60. The average molecular weight is 576 g/mol. The third-order valence-corrected chi connectivity index (χ3v) is 5.37. The number of hydrogen-bond donors (Lipinski definition) is 1. The smallest absolute Gasteiger partial charge is 0.155 e. The number of pyridine rings is 1. The largest absolute Gasteiger partial charge is 0.512 e. The second-order valence-corrected chi connectivity index (χ2v) is 7.87. The average Bonchev–Trinajstić information content (AvgIpc) is 3.01. The zero-order valence-corrected chi connectivity index (χ0v) is 19.8. The van der Waals surface area contributed by atoms with Gasteiger partial charge in [-0.3, -0.25) is 4.79 Å². The maximum Gasteiger partial charge on any atom is 0.155 e. The van der Waals surface area contributed by atoms with E-state index < -0.39 is 0 Å². The van der Waals surface area contributed by atoms with Crippen molar-refractivity contribution in [3.8, 4) is 5.69 Å². The molecule has 0 aliphatic carbocycles. The molecule has 0 fully saturated rings. The van der Waals surface area contributed by atoms with Gasteiger partial charge in [-0.1, -0.05) is 37.7 Å². The summed E-state index contributed by atoms with van der Waals surface area (Å²) in [7, 11) is 0. The minimum Gasteiger partial charge on any atom is -0.512 e. The molecule has 4 aromatic rings. The van der Waals surface area contributed by atoms with E-state index in [0.29, 0.717) is 0 Å². The summed E-state index contributed by atoms with van der Waals surface area (Å²) >= 11 is 0.